The van der Waals surface area contributed by atoms with Gasteiger partial charge in [-0.3, -0.25) is 29.1 Å². The van der Waals surface area contributed by atoms with Gasteiger partial charge in [0.2, 0.25) is 11.8 Å². The first-order valence-electron chi connectivity index (χ1n) is 24.9. The second-order valence-corrected chi connectivity index (χ2v) is 19.5. The largest absolute Gasteiger partial charge is 0.489 e. The fourth-order valence-electron chi connectivity index (χ4n) is 9.54. The van der Waals surface area contributed by atoms with Crippen molar-refractivity contribution in [1.82, 2.24) is 40.0 Å². The molecule has 392 valence electrons. The van der Waals surface area contributed by atoms with E-state index in [0.717, 1.165) is 86.5 Å². The van der Waals surface area contributed by atoms with Crippen molar-refractivity contribution in [3.8, 4) is 5.88 Å². The summed E-state index contributed by atoms with van der Waals surface area (Å²) in [6, 6.07) is 4.49. The standard InChI is InChI=1S/C51H69F2N9O9S/c1-7-42(47-40(55-4)15-28-72-47)70-35-13-16-60(17-14-35)32-36-29-43(57-71-36)69-27-26-68-25-24-67-23-22-58(5)49(64)44-37-30-38(52)39(53)31-41(37)59(6)46(44)51(66)62-20-18-61(19-21-62)50(65)45(34-11-9-8-10-12-34)56-48(63)33(2)54-3/h7,15,28-31,33-35,45,54H,4,8-14,16-27,32H2,1-3,5-6H3,(H,56,63)/b42-7+/t33-,45-/m0/s1. The number of ether oxygens (including phenoxy) is 4. The Kier molecular flexibility index (Phi) is 19.3. The van der Waals surface area contributed by atoms with Gasteiger partial charge in [0.25, 0.3) is 17.7 Å². The molecule has 4 amide bonds. The number of carbonyl (C=O) groups is 4. The monoisotopic (exact) mass is 1020 g/mol. The van der Waals surface area contributed by atoms with Gasteiger partial charge in [-0.05, 0) is 88.0 Å². The van der Waals surface area contributed by atoms with Crippen LogP contribution in [0.5, 0.6) is 5.88 Å². The lowest BCUT2D eigenvalue weighted by Crippen LogP contribution is -2.59. The van der Waals surface area contributed by atoms with Crippen molar-refractivity contribution < 1.29 is 51.4 Å². The molecule has 72 heavy (non-hydrogen) atoms. The minimum absolute atomic E-state index is 0.0138. The summed E-state index contributed by atoms with van der Waals surface area (Å²) in [5.41, 5.74) is 0.936. The predicted molar refractivity (Wildman–Crippen MR) is 270 cm³/mol. The summed E-state index contributed by atoms with van der Waals surface area (Å²) in [6.45, 7) is 11.7. The van der Waals surface area contributed by atoms with Gasteiger partial charge in [0.1, 0.15) is 30.2 Å². The number of fused-ring (bicyclic) bond motifs is 1. The number of hydrogen-bond donors (Lipinski definition) is 2. The second kappa shape index (κ2) is 25.8. The SMILES string of the molecule is C=Nc1ccsc1/C(=C\C)OC1CCN(Cc2cc(OCCOCCOCCN(C)C(=O)c3c(C(=O)N4CCN(C(=O)[C@@H](NC(=O)[C@H](C)NC)C5CCCCC5)CC4)n(C)c4cc(F)c(F)cc34)no2)CC1. The van der Waals surface area contributed by atoms with Crippen LogP contribution in [-0.2, 0) is 37.4 Å². The van der Waals surface area contributed by atoms with Crippen molar-refractivity contribution in [1.29, 1.82) is 0 Å². The van der Waals surface area contributed by atoms with Crippen LogP contribution >= 0.6 is 11.3 Å². The van der Waals surface area contributed by atoms with Gasteiger partial charge < -0.3 is 53.4 Å². The highest BCUT2D eigenvalue weighted by molar-refractivity contribution is 7.11. The number of benzene rings is 1. The van der Waals surface area contributed by atoms with Gasteiger partial charge >= 0.3 is 0 Å². The molecule has 3 aromatic heterocycles. The average Bonchev–Trinajstić information content (AvgIpc) is 4.14. The Balaban J connectivity index is 0.837. The van der Waals surface area contributed by atoms with Crippen LogP contribution in [0.4, 0.5) is 14.5 Å². The number of aliphatic imine (C=N–C) groups is 1. The molecule has 1 saturated carbocycles. The van der Waals surface area contributed by atoms with Crippen LogP contribution < -0.4 is 15.4 Å². The number of nitrogens with one attached hydrogen (secondary N) is 2. The van der Waals surface area contributed by atoms with Crippen LogP contribution in [0.3, 0.4) is 0 Å². The first-order chi connectivity index (χ1) is 34.8. The molecule has 5 heterocycles. The topological polar surface area (TPSA) is 186 Å². The highest BCUT2D eigenvalue weighted by Gasteiger charge is 2.38. The van der Waals surface area contributed by atoms with Crippen molar-refractivity contribution in [2.24, 2.45) is 18.0 Å². The molecule has 1 aromatic carbocycles. The number of allylic oxidation sites excluding steroid dienone is 1. The number of carbonyl (C=O) groups excluding carboxylic acids is 4. The summed E-state index contributed by atoms with van der Waals surface area (Å²) < 4.78 is 59.9. The van der Waals surface area contributed by atoms with E-state index < -0.39 is 35.5 Å². The third kappa shape index (κ3) is 13.3. The maximum Gasteiger partial charge on any atom is 0.271 e. The maximum absolute atomic E-state index is 14.8. The second-order valence-electron chi connectivity index (χ2n) is 18.5. The first-order valence-corrected chi connectivity index (χ1v) is 25.8. The summed E-state index contributed by atoms with van der Waals surface area (Å²) >= 11 is 1.59. The minimum Gasteiger partial charge on any atom is -0.489 e. The lowest BCUT2D eigenvalue weighted by atomic mass is 9.83. The Labute approximate surface area is 423 Å². The molecule has 3 fully saturated rings. The molecule has 0 radical (unpaired) electrons. The first kappa shape index (κ1) is 54.0. The summed E-state index contributed by atoms with van der Waals surface area (Å²) in [7, 11) is 4.78. The molecule has 4 aromatic rings. The van der Waals surface area contributed by atoms with Gasteiger partial charge in [-0.15, -0.1) is 11.3 Å². The van der Waals surface area contributed by atoms with Gasteiger partial charge in [-0.1, -0.05) is 19.3 Å². The van der Waals surface area contributed by atoms with Gasteiger partial charge in [-0.25, -0.2) is 8.78 Å². The minimum atomic E-state index is -1.15. The fraction of sp³-hybridized carbons (Fsp3) is 0.569. The van der Waals surface area contributed by atoms with Crippen LogP contribution in [-0.4, -0.2) is 171 Å². The van der Waals surface area contributed by atoms with Gasteiger partial charge in [0.05, 0.1) is 60.7 Å². The Morgan fingerprint density at radius 1 is 0.958 bits per heavy atom. The zero-order chi connectivity index (χ0) is 51.3. The quantitative estimate of drug-likeness (QED) is 0.0501. The van der Waals surface area contributed by atoms with Crippen LogP contribution in [0.1, 0.15) is 90.3 Å². The summed E-state index contributed by atoms with van der Waals surface area (Å²) in [4.78, 5) is 67.5. The molecule has 3 aliphatic rings. The van der Waals surface area contributed by atoms with Crippen molar-refractivity contribution in [2.75, 3.05) is 92.9 Å². The molecule has 0 spiro atoms. The summed E-state index contributed by atoms with van der Waals surface area (Å²) in [5, 5.41) is 12.1. The zero-order valence-electron chi connectivity index (χ0n) is 42.1. The fourth-order valence-corrected chi connectivity index (χ4v) is 10.4. The van der Waals surface area contributed by atoms with Crippen LogP contribution in [0.25, 0.3) is 16.7 Å². The number of likely N-dealkylation sites (N-methyl/N-ethyl adjacent to an activating group) is 2. The highest BCUT2D eigenvalue weighted by Crippen LogP contribution is 2.35. The van der Waals surface area contributed by atoms with E-state index in [4.69, 9.17) is 23.5 Å². The number of halogens is 2. The van der Waals surface area contributed by atoms with E-state index in [-0.39, 0.29) is 112 Å². The van der Waals surface area contributed by atoms with Crippen molar-refractivity contribution >= 4 is 64.0 Å². The Bertz CT molecular complexity index is 2530. The van der Waals surface area contributed by atoms with E-state index in [2.05, 4.69) is 32.4 Å². The number of amides is 4. The summed E-state index contributed by atoms with van der Waals surface area (Å²) in [5.74, 6) is -1.84. The molecule has 2 saturated heterocycles. The number of piperazine rings is 1. The lowest BCUT2D eigenvalue weighted by Gasteiger charge is -2.39. The van der Waals surface area contributed by atoms with E-state index in [1.165, 1.54) is 16.5 Å². The number of piperidine rings is 1. The Morgan fingerprint density at radius 3 is 2.33 bits per heavy atom. The number of nitrogens with zero attached hydrogens (tertiary/aromatic N) is 7. The van der Waals surface area contributed by atoms with Crippen LogP contribution in [0.15, 0.2) is 45.2 Å². The normalized spacial score (nSPS) is 17.2. The summed E-state index contributed by atoms with van der Waals surface area (Å²) in [6.07, 6.45) is 8.58. The highest BCUT2D eigenvalue weighted by atomic mass is 32.1. The maximum atomic E-state index is 14.8. The molecule has 0 unspecified atom stereocenters. The number of likely N-dealkylation sites (tertiary alicyclic amines) is 1. The molecule has 2 aliphatic heterocycles. The Hall–Kier alpha value is -5.74. The molecule has 18 nitrogen and oxygen atoms in total. The van der Waals surface area contributed by atoms with Crippen molar-refractivity contribution in [3.05, 3.63) is 69.3 Å². The number of rotatable bonds is 23. The Morgan fingerprint density at radius 2 is 1.64 bits per heavy atom. The molecular formula is C51H69F2N9O9S. The van der Waals surface area contributed by atoms with Gasteiger partial charge in [0, 0.05) is 77.4 Å². The molecule has 7 rings (SSSR count). The lowest BCUT2D eigenvalue weighted by molar-refractivity contribution is -0.140. The third-order valence-electron chi connectivity index (χ3n) is 13.9. The molecule has 0 bridgehead atoms. The molecule has 21 heteroatoms. The van der Waals surface area contributed by atoms with Crippen LogP contribution in [0.2, 0.25) is 0 Å². The van der Waals surface area contributed by atoms with E-state index in [1.807, 2.05) is 24.4 Å². The van der Waals surface area contributed by atoms with E-state index >= 15 is 0 Å². The molecule has 2 N–H and O–H groups in total. The van der Waals surface area contributed by atoms with E-state index in [0.29, 0.717) is 18.2 Å². The van der Waals surface area contributed by atoms with Crippen molar-refractivity contribution in [3.63, 3.8) is 0 Å². The van der Waals surface area contributed by atoms with Crippen molar-refractivity contribution in [2.45, 2.75) is 83.5 Å². The predicted octanol–water partition coefficient (Wildman–Crippen LogP) is 6.02. The number of aryl methyl sites for hydroxylation is 1. The van der Waals surface area contributed by atoms with Gasteiger partial charge in [-0.2, -0.15) is 0 Å². The number of hydrogen-bond acceptors (Lipinski definition) is 14. The van der Waals surface area contributed by atoms with Crippen LogP contribution in [0, 0.1) is 17.6 Å². The third-order valence-corrected chi connectivity index (χ3v) is 14.8. The average molecular weight is 1020 g/mol. The van der Waals surface area contributed by atoms with E-state index in [9.17, 15) is 28.0 Å². The smallest absolute Gasteiger partial charge is 0.271 e. The number of thiophene rings is 1. The molecule has 1 aliphatic carbocycles. The van der Waals surface area contributed by atoms with E-state index in [1.54, 1.807) is 48.2 Å². The molecule has 2 atom stereocenters. The van der Waals surface area contributed by atoms with Gasteiger partial charge in [0.15, 0.2) is 17.4 Å². The number of aromatic nitrogens is 2. The molecular weight excluding hydrogens is 953 g/mol. The zero-order valence-corrected chi connectivity index (χ0v) is 42.9.